The summed E-state index contributed by atoms with van der Waals surface area (Å²) in [6.45, 7) is 20.3. The SMILES string of the molecule is CC1(C)CC[C@@]2(C)CC[C@]3(C)C4=CC[C@H]5C(C)(C)CCC[C@]5(C)[C@H]4C[C@H](O)[C@@]3(C)[C@@H]2C1. The minimum Gasteiger partial charge on any atom is -0.392 e. The third kappa shape index (κ3) is 2.77. The fourth-order valence-corrected chi connectivity index (χ4v) is 10.6. The molecule has 1 N–H and O–H groups in total. The van der Waals surface area contributed by atoms with Crippen molar-refractivity contribution in [2.24, 2.45) is 50.2 Å². The van der Waals surface area contributed by atoms with Crippen LogP contribution in [-0.2, 0) is 0 Å². The van der Waals surface area contributed by atoms with Gasteiger partial charge >= 0.3 is 0 Å². The van der Waals surface area contributed by atoms with Gasteiger partial charge in [-0.3, -0.25) is 0 Å². The molecule has 0 amide bonds. The second-order valence-electron chi connectivity index (χ2n) is 15.3. The maximum atomic E-state index is 12.1. The molecule has 0 spiro atoms. The van der Waals surface area contributed by atoms with Gasteiger partial charge in [-0.05, 0) is 103 Å². The van der Waals surface area contributed by atoms with Gasteiger partial charge in [0.2, 0.25) is 0 Å². The molecule has 0 aliphatic heterocycles. The summed E-state index contributed by atoms with van der Waals surface area (Å²) in [6.07, 6.45) is 15.5. The molecule has 0 aromatic carbocycles. The first-order valence-electron chi connectivity index (χ1n) is 13.6. The van der Waals surface area contributed by atoms with Crippen molar-refractivity contribution in [2.75, 3.05) is 0 Å². The number of hydrogen-bond donors (Lipinski definition) is 1. The maximum absolute atomic E-state index is 12.1. The normalized spacial score (nSPS) is 55.2. The predicted molar refractivity (Wildman–Crippen MR) is 131 cm³/mol. The van der Waals surface area contributed by atoms with Crippen molar-refractivity contribution in [3.63, 3.8) is 0 Å². The van der Waals surface area contributed by atoms with Crippen molar-refractivity contribution in [1.82, 2.24) is 0 Å². The standard InChI is InChI=1S/C30H50O/c1-25(2)14-15-27(5)16-17-29(7)20-10-11-22-26(3,4)12-9-13-28(22,6)21(20)18-24(31)30(29,8)23(27)19-25/h10,21-24,31H,9,11-19H2,1-8H3/t21-,22-,23+,24-,27-,28+,29+,30+/m0/s1. The molecule has 0 radical (unpaired) electrons. The molecule has 0 heterocycles. The highest BCUT2D eigenvalue weighted by molar-refractivity contribution is 5.34. The Balaban J connectivity index is 1.61. The largest absolute Gasteiger partial charge is 0.392 e. The second kappa shape index (κ2) is 6.43. The van der Waals surface area contributed by atoms with Gasteiger partial charge in [-0.15, -0.1) is 0 Å². The Hall–Kier alpha value is -0.300. The van der Waals surface area contributed by atoms with Crippen LogP contribution in [0.15, 0.2) is 11.6 Å². The quantitative estimate of drug-likeness (QED) is 0.387. The molecule has 5 rings (SSSR count). The second-order valence-corrected chi connectivity index (χ2v) is 15.3. The smallest absolute Gasteiger partial charge is 0.0610 e. The highest BCUT2D eigenvalue weighted by Gasteiger charge is 2.69. The average Bonchev–Trinajstić information content (AvgIpc) is 2.66. The molecule has 8 atom stereocenters. The van der Waals surface area contributed by atoms with Crippen molar-refractivity contribution in [3.05, 3.63) is 11.6 Å². The van der Waals surface area contributed by atoms with Crippen LogP contribution in [0.4, 0.5) is 0 Å². The summed E-state index contributed by atoms with van der Waals surface area (Å²) in [7, 11) is 0. The molecule has 176 valence electrons. The number of allylic oxidation sites excluding steroid dienone is 2. The van der Waals surface area contributed by atoms with E-state index in [4.69, 9.17) is 0 Å². The molecular formula is C30H50O. The summed E-state index contributed by atoms with van der Waals surface area (Å²) in [5, 5.41) is 12.1. The number of aliphatic hydroxyl groups is 1. The summed E-state index contributed by atoms with van der Waals surface area (Å²) in [4.78, 5) is 0. The van der Waals surface area contributed by atoms with Crippen LogP contribution in [0, 0.1) is 50.2 Å². The van der Waals surface area contributed by atoms with Crippen molar-refractivity contribution < 1.29 is 5.11 Å². The van der Waals surface area contributed by atoms with Crippen LogP contribution in [0.2, 0.25) is 0 Å². The lowest BCUT2D eigenvalue weighted by Gasteiger charge is -2.72. The molecule has 31 heavy (non-hydrogen) atoms. The minimum absolute atomic E-state index is 0.00735. The van der Waals surface area contributed by atoms with Gasteiger partial charge in [0, 0.05) is 5.41 Å². The molecule has 1 nitrogen and oxygen atoms in total. The van der Waals surface area contributed by atoms with Crippen LogP contribution < -0.4 is 0 Å². The fraction of sp³-hybridized carbons (Fsp3) is 0.933. The average molecular weight is 427 g/mol. The van der Waals surface area contributed by atoms with Gasteiger partial charge in [-0.25, -0.2) is 0 Å². The van der Waals surface area contributed by atoms with Crippen LogP contribution in [0.1, 0.15) is 120 Å². The van der Waals surface area contributed by atoms with Crippen molar-refractivity contribution in [1.29, 1.82) is 0 Å². The van der Waals surface area contributed by atoms with Gasteiger partial charge in [-0.2, -0.15) is 0 Å². The summed E-state index contributed by atoms with van der Waals surface area (Å²) in [5.41, 5.74) is 3.56. The Labute approximate surface area is 192 Å². The van der Waals surface area contributed by atoms with E-state index in [0.29, 0.717) is 33.5 Å². The summed E-state index contributed by atoms with van der Waals surface area (Å²) in [5.74, 6) is 1.98. The molecule has 0 unspecified atom stereocenters. The summed E-state index contributed by atoms with van der Waals surface area (Å²) < 4.78 is 0. The fourth-order valence-electron chi connectivity index (χ4n) is 10.6. The zero-order valence-corrected chi connectivity index (χ0v) is 21.9. The molecular weight excluding hydrogens is 376 g/mol. The summed E-state index contributed by atoms with van der Waals surface area (Å²) >= 11 is 0. The van der Waals surface area contributed by atoms with Gasteiger partial charge in [0.25, 0.3) is 0 Å². The first kappa shape index (κ1) is 22.5. The number of fused-ring (bicyclic) bond motifs is 7. The van der Waals surface area contributed by atoms with Crippen molar-refractivity contribution >= 4 is 0 Å². The first-order chi connectivity index (χ1) is 14.2. The van der Waals surface area contributed by atoms with Gasteiger partial charge in [-0.1, -0.05) is 73.5 Å². The minimum atomic E-state index is -0.168. The van der Waals surface area contributed by atoms with Crippen LogP contribution in [0.3, 0.4) is 0 Å². The molecule has 0 saturated heterocycles. The summed E-state index contributed by atoms with van der Waals surface area (Å²) in [6, 6.07) is 0. The van der Waals surface area contributed by atoms with E-state index < -0.39 is 0 Å². The molecule has 0 bridgehead atoms. The number of hydrogen-bond acceptors (Lipinski definition) is 1. The maximum Gasteiger partial charge on any atom is 0.0610 e. The van der Waals surface area contributed by atoms with E-state index in [1.807, 2.05) is 0 Å². The number of aliphatic hydroxyl groups excluding tert-OH is 1. The van der Waals surface area contributed by atoms with E-state index in [2.05, 4.69) is 61.5 Å². The van der Waals surface area contributed by atoms with Crippen molar-refractivity contribution in [3.8, 4) is 0 Å². The van der Waals surface area contributed by atoms with E-state index in [0.717, 1.165) is 12.3 Å². The van der Waals surface area contributed by atoms with E-state index in [-0.39, 0.29) is 16.9 Å². The van der Waals surface area contributed by atoms with Gasteiger partial charge in [0.15, 0.2) is 0 Å². The lowest BCUT2D eigenvalue weighted by Crippen LogP contribution is -2.67. The Bertz CT molecular complexity index is 790. The Morgan fingerprint density at radius 2 is 1.48 bits per heavy atom. The Morgan fingerprint density at radius 1 is 0.806 bits per heavy atom. The van der Waals surface area contributed by atoms with E-state index >= 15 is 0 Å². The lowest BCUT2D eigenvalue weighted by atomic mass is 9.33. The monoisotopic (exact) mass is 426 g/mol. The molecule has 4 saturated carbocycles. The van der Waals surface area contributed by atoms with Gasteiger partial charge < -0.3 is 5.11 Å². The number of rotatable bonds is 0. The zero-order chi connectivity index (χ0) is 22.7. The molecule has 0 aromatic rings. The Kier molecular flexibility index (Phi) is 4.66. The molecule has 5 aliphatic rings. The van der Waals surface area contributed by atoms with Crippen LogP contribution in [0.25, 0.3) is 0 Å². The van der Waals surface area contributed by atoms with Crippen LogP contribution >= 0.6 is 0 Å². The van der Waals surface area contributed by atoms with Gasteiger partial charge in [0.05, 0.1) is 6.10 Å². The predicted octanol–water partition coefficient (Wildman–Crippen LogP) is 8.17. The molecule has 1 heteroatoms. The Morgan fingerprint density at radius 3 is 2.19 bits per heavy atom. The zero-order valence-electron chi connectivity index (χ0n) is 21.9. The highest BCUT2D eigenvalue weighted by Crippen LogP contribution is 2.75. The molecule has 0 aromatic heterocycles. The van der Waals surface area contributed by atoms with E-state index in [9.17, 15) is 5.11 Å². The van der Waals surface area contributed by atoms with Crippen molar-refractivity contribution in [2.45, 2.75) is 126 Å². The van der Waals surface area contributed by atoms with E-state index in [1.165, 1.54) is 57.8 Å². The van der Waals surface area contributed by atoms with E-state index in [1.54, 1.807) is 5.57 Å². The lowest BCUT2D eigenvalue weighted by molar-refractivity contribution is -0.218. The highest BCUT2D eigenvalue weighted by atomic mass is 16.3. The third-order valence-corrected chi connectivity index (χ3v) is 12.9. The molecule has 4 fully saturated rings. The van der Waals surface area contributed by atoms with Crippen LogP contribution in [-0.4, -0.2) is 11.2 Å². The first-order valence-corrected chi connectivity index (χ1v) is 13.6. The third-order valence-electron chi connectivity index (χ3n) is 12.9. The topological polar surface area (TPSA) is 20.2 Å². The van der Waals surface area contributed by atoms with Crippen LogP contribution in [0.5, 0.6) is 0 Å². The van der Waals surface area contributed by atoms with Gasteiger partial charge in [0.1, 0.15) is 0 Å². The molecule has 5 aliphatic carbocycles.